The number of hydrogen-bond acceptors (Lipinski definition) is 8. The first-order valence-electron chi connectivity index (χ1n) is 9.81. The molecular formula is C23H24BCsN6O2. The Bertz CT molecular complexity index is 1250. The predicted molar refractivity (Wildman–Crippen MR) is 126 cm³/mol. The molecule has 3 heterocycles. The van der Waals surface area contributed by atoms with Gasteiger partial charge in [-0.2, -0.15) is 0 Å². The molecule has 1 atom stereocenters. The molecule has 33 heavy (non-hydrogen) atoms. The van der Waals surface area contributed by atoms with Crippen molar-refractivity contribution >= 4 is 36.7 Å². The van der Waals surface area contributed by atoms with Crippen LogP contribution in [0.25, 0.3) is 33.7 Å². The van der Waals surface area contributed by atoms with E-state index < -0.39 is 0 Å². The molecule has 0 aliphatic heterocycles. The zero-order valence-corrected chi connectivity index (χ0v) is 25.6. The van der Waals surface area contributed by atoms with Gasteiger partial charge in [0.05, 0.1) is 29.0 Å². The van der Waals surface area contributed by atoms with Gasteiger partial charge in [0.2, 0.25) is 5.89 Å². The fourth-order valence-electron chi connectivity index (χ4n) is 3.29. The summed E-state index contributed by atoms with van der Waals surface area (Å²) in [6, 6.07) is 11.3. The van der Waals surface area contributed by atoms with Gasteiger partial charge in [0.1, 0.15) is 17.6 Å². The summed E-state index contributed by atoms with van der Waals surface area (Å²) in [6.07, 6.45) is 3.19. The van der Waals surface area contributed by atoms with Crippen LogP contribution < -0.4 is 80.4 Å². The van der Waals surface area contributed by atoms with Crippen molar-refractivity contribution in [2.24, 2.45) is 0 Å². The molecule has 2 radical (unpaired) electrons. The molecule has 0 aliphatic rings. The third-order valence-corrected chi connectivity index (χ3v) is 4.93. The van der Waals surface area contributed by atoms with Gasteiger partial charge in [0.25, 0.3) is 0 Å². The number of fused-ring (bicyclic) bond motifs is 1. The van der Waals surface area contributed by atoms with E-state index in [4.69, 9.17) is 18.0 Å². The van der Waals surface area contributed by atoms with E-state index in [9.17, 15) is 4.79 Å². The summed E-state index contributed by atoms with van der Waals surface area (Å²) in [5, 5.41) is 0. The van der Waals surface area contributed by atoms with E-state index in [-0.39, 0.29) is 93.8 Å². The van der Waals surface area contributed by atoms with Gasteiger partial charge in [0.15, 0.2) is 13.7 Å². The molecular weight excluding hydrogens is 536 g/mol. The van der Waals surface area contributed by atoms with Crippen LogP contribution in [0.4, 0.5) is 5.82 Å². The molecule has 0 aliphatic carbocycles. The number of benzene rings is 1. The minimum Gasteiger partial charge on any atom is -0.440 e. The zero-order chi connectivity index (χ0) is 22.0. The van der Waals surface area contributed by atoms with Gasteiger partial charge in [-0.05, 0) is 51.3 Å². The molecule has 0 saturated carbocycles. The average molecular weight is 560 g/mol. The molecule has 4 rings (SSSR count). The van der Waals surface area contributed by atoms with Crippen molar-refractivity contribution in [3.63, 3.8) is 0 Å². The Morgan fingerprint density at radius 1 is 1.15 bits per heavy atom. The summed E-state index contributed by atoms with van der Waals surface area (Å²) in [6.45, 7) is 0.779. The van der Waals surface area contributed by atoms with Crippen LogP contribution in [0.1, 0.15) is 18.1 Å². The van der Waals surface area contributed by atoms with Crippen molar-refractivity contribution in [1.82, 2.24) is 24.8 Å². The Morgan fingerprint density at radius 3 is 2.64 bits per heavy atom. The van der Waals surface area contributed by atoms with Crippen molar-refractivity contribution in [1.29, 1.82) is 0 Å². The Labute approximate surface area is 253 Å². The maximum absolute atomic E-state index is 11.5. The van der Waals surface area contributed by atoms with Crippen LogP contribution in [-0.2, 0) is 4.79 Å². The number of pyridine rings is 1. The number of anilines is 1. The van der Waals surface area contributed by atoms with Crippen LogP contribution in [0.5, 0.6) is 0 Å². The van der Waals surface area contributed by atoms with Gasteiger partial charge in [-0.3, -0.25) is 0 Å². The second-order valence-corrected chi connectivity index (χ2v) is 7.51. The average Bonchev–Trinajstić information content (AvgIpc) is 3.24. The smallest absolute Gasteiger partial charge is 0.440 e. The fourth-order valence-corrected chi connectivity index (χ4v) is 3.29. The molecule has 0 fully saturated rings. The predicted octanol–water partition coefficient (Wildman–Crippen LogP) is -0.589. The van der Waals surface area contributed by atoms with Gasteiger partial charge in [-0.1, -0.05) is 12.1 Å². The Kier molecular flexibility index (Phi) is 10.3. The van der Waals surface area contributed by atoms with Crippen molar-refractivity contribution < 1.29 is 78.1 Å². The number of carbonyl (C=O) groups excluding carboxylic acids is 1. The zero-order valence-electron chi connectivity index (χ0n) is 19.3. The number of nitrogen functional groups attached to an aromatic ring is 1. The first-order chi connectivity index (χ1) is 14.9. The van der Waals surface area contributed by atoms with Gasteiger partial charge in [-0.25, -0.2) is 19.9 Å². The number of hydrogen-bond donors (Lipinski definition) is 1. The quantitative estimate of drug-likeness (QED) is 0.182. The Morgan fingerprint density at radius 2 is 1.91 bits per heavy atom. The fraction of sp³-hybridized carbons (Fsp3) is 0.217. The topological polar surface area (TPSA) is 111 Å². The van der Waals surface area contributed by atoms with Crippen LogP contribution >= 0.6 is 0 Å². The molecule has 0 bridgehead atoms. The van der Waals surface area contributed by atoms with E-state index in [2.05, 4.69) is 19.9 Å². The Balaban J connectivity index is 0.00000193. The maximum atomic E-state index is 11.5. The molecule has 10 heteroatoms. The summed E-state index contributed by atoms with van der Waals surface area (Å²) in [5.41, 5.74) is 9.49. The molecule has 162 valence electrons. The summed E-state index contributed by atoms with van der Waals surface area (Å²) < 4.78 is 5.91. The van der Waals surface area contributed by atoms with Crippen molar-refractivity contribution in [3.05, 3.63) is 55.8 Å². The molecule has 0 amide bonds. The van der Waals surface area contributed by atoms with Crippen molar-refractivity contribution in [3.8, 4) is 22.7 Å². The summed E-state index contributed by atoms with van der Waals surface area (Å²) in [5.74, 6) is 0.911. The monoisotopic (exact) mass is 560 g/mol. The largest absolute Gasteiger partial charge is 1.00 e. The van der Waals surface area contributed by atoms with Crippen molar-refractivity contribution in [2.45, 2.75) is 12.3 Å². The van der Waals surface area contributed by atoms with E-state index in [0.717, 1.165) is 24.0 Å². The number of carbonyl (C=O) groups is 1. The minimum absolute atomic E-state index is 0. The minimum atomic E-state index is -0.329. The summed E-state index contributed by atoms with van der Waals surface area (Å²) >= 11 is 0. The van der Waals surface area contributed by atoms with Crippen LogP contribution in [-0.4, -0.2) is 59.6 Å². The number of aldehydes is 1. The van der Waals surface area contributed by atoms with Gasteiger partial charge >= 0.3 is 68.9 Å². The molecule has 4 aromatic rings. The van der Waals surface area contributed by atoms with E-state index in [1.165, 1.54) is 0 Å². The molecule has 1 unspecified atom stereocenters. The van der Waals surface area contributed by atoms with Crippen LogP contribution in [0.15, 0.2) is 47.0 Å². The molecule has 8 nitrogen and oxygen atoms in total. The van der Waals surface area contributed by atoms with E-state index in [1.807, 2.05) is 49.3 Å². The van der Waals surface area contributed by atoms with Crippen molar-refractivity contribution in [2.75, 3.05) is 26.4 Å². The SMILES string of the molecule is [B]c1nc(N)c2nc(-c3cccc(-c4ncc(C(C=O)CCN(C)C)o4)c3)ccc2n1.[CH3-].[Cs+]. The number of oxazole rings is 1. The normalized spacial score (nSPS) is 11.6. The number of nitrogens with zero attached hydrogens (tertiary/aromatic N) is 5. The Hall–Kier alpha value is -1.53. The second kappa shape index (κ2) is 12.3. The molecule has 2 N–H and O–H groups in total. The van der Waals surface area contributed by atoms with E-state index in [1.54, 1.807) is 12.3 Å². The van der Waals surface area contributed by atoms with Crippen LogP contribution in [0.3, 0.4) is 0 Å². The van der Waals surface area contributed by atoms with Gasteiger partial charge in [0, 0.05) is 11.1 Å². The van der Waals surface area contributed by atoms with Crippen LogP contribution in [0.2, 0.25) is 0 Å². The molecule has 0 saturated heterocycles. The molecule has 3 aromatic heterocycles. The van der Waals surface area contributed by atoms with Gasteiger partial charge < -0.3 is 27.3 Å². The molecule has 1 aromatic carbocycles. The van der Waals surface area contributed by atoms with E-state index in [0.29, 0.717) is 34.8 Å². The first kappa shape index (κ1) is 27.7. The first-order valence-corrected chi connectivity index (χ1v) is 9.81. The summed E-state index contributed by atoms with van der Waals surface area (Å²) in [7, 11) is 9.59. The van der Waals surface area contributed by atoms with Gasteiger partial charge in [-0.15, -0.1) is 0 Å². The third-order valence-electron chi connectivity index (χ3n) is 4.93. The van der Waals surface area contributed by atoms with E-state index >= 15 is 0 Å². The number of rotatable bonds is 7. The van der Waals surface area contributed by atoms with Crippen LogP contribution in [0, 0.1) is 7.43 Å². The standard InChI is InChI=1S/C22H21BN6O2.CH3.Cs/c1-29(2)9-8-15(12-30)18-11-25-21(31-18)14-5-3-4-13(10-14)16-6-7-17-19(26-16)20(24)28-22(23)27-17;;/h3-7,10-12,15H,8-9H2,1-2H3,(H2,24,27,28);1H3;/q;-1;+1. The number of aromatic nitrogens is 4. The third kappa shape index (κ3) is 6.53. The summed E-state index contributed by atoms with van der Waals surface area (Å²) in [4.78, 5) is 30.7. The molecule has 0 spiro atoms. The number of nitrogens with two attached hydrogens (primary N) is 1. The maximum Gasteiger partial charge on any atom is 1.00 e. The second-order valence-electron chi connectivity index (χ2n) is 7.51.